The molecule has 3 amide bonds. The summed E-state index contributed by atoms with van der Waals surface area (Å²) in [6.07, 6.45) is -0.459. The molecule has 2 aromatic heterocycles. The Bertz CT molecular complexity index is 2730. The van der Waals surface area contributed by atoms with Gasteiger partial charge in [-0.2, -0.15) is 0 Å². The topological polar surface area (TPSA) is 245 Å². The fraction of sp³-hybridized carbons (Fsp3) is 0.286. The molecule has 18 nitrogen and oxygen atoms in total. The monoisotopic (exact) mass is 946 g/mol. The first-order valence-electron chi connectivity index (χ1n) is 21.9. The Morgan fingerprint density at radius 1 is 0.638 bits per heavy atom. The molecule has 0 saturated carbocycles. The summed E-state index contributed by atoms with van der Waals surface area (Å²) < 4.78 is 43.1. The standard InChI is InChI=1S/C27H30FN5O5.C22H22FN5O3/c1-27(2,3)38-26(36)32-12-13-33(19(15-32)16-34)23-14-22(24(29)35)30-25(31-23)17-4-8-20(9-5-17)37-21-10-6-18(28)7-11-21;23-15-3-7-18(8-4-15)31-17-5-1-14(2-6-17)22-26-19(21(24)30)11-20(27-22)28-10-9-25-12-16(28)13-29/h4-11,14,19,34H,12-13,15-16H2,1-3H3,(H2,29,35);1-8,11,16,25,29H,9-10,12-13H2,(H2,24,30). The molecule has 6 aromatic rings. The molecule has 69 heavy (non-hydrogen) atoms. The van der Waals surface area contributed by atoms with Crippen molar-refractivity contribution < 1.29 is 47.6 Å². The molecule has 2 aliphatic heterocycles. The van der Waals surface area contributed by atoms with Crippen LogP contribution in [0, 0.1) is 11.6 Å². The average Bonchev–Trinajstić information content (AvgIpc) is 3.35. The number of amides is 3. The highest BCUT2D eigenvalue weighted by molar-refractivity contribution is 5.92. The van der Waals surface area contributed by atoms with Crippen molar-refractivity contribution in [3.8, 4) is 45.8 Å². The molecule has 2 fully saturated rings. The molecule has 2 saturated heterocycles. The fourth-order valence-electron chi connectivity index (χ4n) is 7.33. The van der Waals surface area contributed by atoms with E-state index in [2.05, 4.69) is 25.3 Å². The van der Waals surface area contributed by atoms with Crippen molar-refractivity contribution in [1.82, 2.24) is 30.2 Å². The first kappa shape index (κ1) is 49.1. The number of hydrogen-bond acceptors (Lipinski definition) is 15. The predicted molar refractivity (Wildman–Crippen MR) is 252 cm³/mol. The summed E-state index contributed by atoms with van der Waals surface area (Å²) in [6.45, 7) is 7.95. The van der Waals surface area contributed by atoms with Crippen LogP contribution in [0.15, 0.2) is 109 Å². The lowest BCUT2D eigenvalue weighted by Crippen LogP contribution is -2.57. The van der Waals surface area contributed by atoms with Gasteiger partial charge in [-0.15, -0.1) is 0 Å². The van der Waals surface area contributed by atoms with E-state index in [0.717, 1.165) is 6.54 Å². The highest BCUT2D eigenvalue weighted by Gasteiger charge is 2.33. The number of carbonyl (C=O) groups is 3. The molecule has 7 N–H and O–H groups in total. The lowest BCUT2D eigenvalue weighted by Gasteiger charge is -2.41. The zero-order valence-corrected chi connectivity index (χ0v) is 38.1. The normalized spacial score (nSPS) is 16.0. The zero-order valence-electron chi connectivity index (χ0n) is 38.1. The van der Waals surface area contributed by atoms with E-state index >= 15 is 0 Å². The molecule has 0 bridgehead atoms. The van der Waals surface area contributed by atoms with Crippen molar-refractivity contribution in [2.75, 3.05) is 62.3 Å². The Balaban J connectivity index is 0.000000208. The van der Waals surface area contributed by atoms with E-state index in [4.69, 9.17) is 25.7 Å². The maximum absolute atomic E-state index is 13.1. The van der Waals surface area contributed by atoms with Gasteiger partial charge in [0.05, 0.1) is 25.3 Å². The number of benzene rings is 4. The molecule has 20 heteroatoms. The molecular weight excluding hydrogens is 895 g/mol. The van der Waals surface area contributed by atoms with Gasteiger partial charge in [0.1, 0.15) is 63.3 Å². The number of nitrogens with zero attached hydrogens (tertiary/aromatic N) is 7. The van der Waals surface area contributed by atoms with Crippen LogP contribution in [0.3, 0.4) is 0 Å². The maximum atomic E-state index is 13.1. The third-order valence-corrected chi connectivity index (χ3v) is 10.7. The van der Waals surface area contributed by atoms with E-state index < -0.39 is 29.6 Å². The van der Waals surface area contributed by atoms with E-state index in [-0.39, 0.29) is 54.6 Å². The van der Waals surface area contributed by atoms with Gasteiger partial charge in [0.25, 0.3) is 11.8 Å². The van der Waals surface area contributed by atoms with Gasteiger partial charge in [0.2, 0.25) is 0 Å². The largest absolute Gasteiger partial charge is 0.457 e. The average molecular weight is 947 g/mol. The quantitative estimate of drug-likeness (QED) is 0.101. The molecule has 360 valence electrons. The molecule has 4 heterocycles. The molecule has 2 unspecified atom stereocenters. The van der Waals surface area contributed by atoms with Crippen molar-refractivity contribution in [2.24, 2.45) is 11.5 Å². The van der Waals surface area contributed by atoms with E-state index in [1.807, 2.05) is 9.80 Å². The van der Waals surface area contributed by atoms with Gasteiger partial charge in [0.15, 0.2) is 11.6 Å². The molecule has 2 atom stereocenters. The van der Waals surface area contributed by atoms with Gasteiger partial charge in [-0.1, -0.05) is 0 Å². The third-order valence-electron chi connectivity index (χ3n) is 10.7. The molecule has 0 spiro atoms. The van der Waals surface area contributed by atoms with Gasteiger partial charge < -0.3 is 55.9 Å². The lowest BCUT2D eigenvalue weighted by atomic mass is 10.1. The van der Waals surface area contributed by atoms with Crippen molar-refractivity contribution in [3.63, 3.8) is 0 Å². The van der Waals surface area contributed by atoms with E-state index in [0.29, 0.717) is 77.8 Å². The number of aromatic nitrogens is 4. The number of hydrogen-bond donors (Lipinski definition) is 5. The first-order chi connectivity index (χ1) is 33.0. The zero-order chi connectivity index (χ0) is 49.2. The second kappa shape index (κ2) is 21.9. The van der Waals surface area contributed by atoms with Crippen molar-refractivity contribution >= 4 is 29.5 Å². The number of carbonyl (C=O) groups excluding carboxylic acids is 3. The summed E-state index contributed by atoms with van der Waals surface area (Å²) in [6, 6.07) is 27.6. The number of primary amides is 2. The smallest absolute Gasteiger partial charge is 0.410 e. The number of halogens is 2. The van der Waals surface area contributed by atoms with Crippen LogP contribution in [0.5, 0.6) is 23.0 Å². The molecule has 0 radical (unpaired) electrons. The van der Waals surface area contributed by atoms with Gasteiger partial charge in [-0.05, 0) is 118 Å². The number of nitrogens with two attached hydrogens (primary N) is 2. The number of rotatable bonds is 12. The first-order valence-corrected chi connectivity index (χ1v) is 21.9. The van der Waals surface area contributed by atoms with Gasteiger partial charge in [-0.25, -0.2) is 33.5 Å². The fourth-order valence-corrected chi connectivity index (χ4v) is 7.33. The third kappa shape index (κ3) is 13.0. The number of nitrogens with one attached hydrogen (secondary N) is 1. The number of aliphatic hydroxyl groups is 2. The summed E-state index contributed by atoms with van der Waals surface area (Å²) in [7, 11) is 0. The van der Waals surface area contributed by atoms with E-state index in [1.54, 1.807) is 92.4 Å². The Morgan fingerprint density at radius 2 is 1.06 bits per heavy atom. The number of piperazine rings is 2. The van der Waals surface area contributed by atoms with Crippen molar-refractivity contribution in [2.45, 2.75) is 38.5 Å². The van der Waals surface area contributed by atoms with Crippen LogP contribution in [0.4, 0.5) is 25.2 Å². The maximum Gasteiger partial charge on any atom is 0.410 e. The summed E-state index contributed by atoms with van der Waals surface area (Å²) >= 11 is 0. The molecule has 0 aliphatic carbocycles. The number of aliphatic hydroxyl groups excluding tert-OH is 2. The summed E-state index contributed by atoms with van der Waals surface area (Å²) in [4.78, 5) is 59.7. The lowest BCUT2D eigenvalue weighted by molar-refractivity contribution is 0.0197. The minimum absolute atomic E-state index is 0.0166. The van der Waals surface area contributed by atoms with E-state index in [9.17, 15) is 33.4 Å². The Labute approximate surface area is 396 Å². The van der Waals surface area contributed by atoms with Crippen LogP contribution in [-0.2, 0) is 4.74 Å². The molecule has 2 aliphatic rings. The molecule has 4 aromatic carbocycles. The summed E-state index contributed by atoms with van der Waals surface area (Å²) in [5.41, 5.74) is 11.8. The number of anilines is 2. The molecule has 8 rings (SSSR count). The van der Waals surface area contributed by atoms with Crippen LogP contribution in [0.25, 0.3) is 22.8 Å². The minimum Gasteiger partial charge on any atom is -0.457 e. The Kier molecular flexibility index (Phi) is 15.6. The minimum atomic E-state index is -0.723. The van der Waals surface area contributed by atoms with E-state index in [1.165, 1.54) is 42.5 Å². The summed E-state index contributed by atoms with van der Waals surface area (Å²) in [5, 5.41) is 23.0. The van der Waals surface area contributed by atoms with Crippen LogP contribution in [-0.4, -0.2) is 123 Å². The van der Waals surface area contributed by atoms with Crippen molar-refractivity contribution in [1.29, 1.82) is 0 Å². The van der Waals surface area contributed by atoms with Crippen molar-refractivity contribution in [3.05, 3.63) is 132 Å². The van der Waals surface area contributed by atoms with Gasteiger partial charge in [0, 0.05) is 62.5 Å². The van der Waals surface area contributed by atoms with Gasteiger partial charge in [-0.3, -0.25) is 9.59 Å². The van der Waals surface area contributed by atoms with Crippen LogP contribution in [0.2, 0.25) is 0 Å². The van der Waals surface area contributed by atoms with Gasteiger partial charge >= 0.3 is 6.09 Å². The Hall–Kier alpha value is -7.81. The highest BCUT2D eigenvalue weighted by Crippen LogP contribution is 2.30. The predicted octanol–water partition coefficient (Wildman–Crippen LogP) is 5.54. The molecular formula is C49H52F2N10O8. The Morgan fingerprint density at radius 3 is 1.46 bits per heavy atom. The van der Waals surface area contributed by atoms with Crippen LogP contribution >= 0.6 is 0 Å². The number of ether oxygens (including phenoxy) is 3. The van der Waals surface area contributed by atoms with Crippen LogP contribution < -0.4 is 36.1 Å². The summed E-state index contributed by atoms with van der Waals surface area (Å²) in [5.74, 6) is 1.54. The SMILES string of the molecule is CC(C)(C)OC(=O)N1CCN(c2cc(C(N)=O)nc(-c3ccc(Oc4ccc(F)cc4)cc3)n2)C(CO)C1.NC(=O)c1cc(N2CCNCC2CO)nc(-c2ccc(Oc3ccc(F)cc3)cc2)n1. The highest BCUT2D eigenvalue weighted by atomic mass is 19.1. The second-order valence-corrected chi connectivity index (χ2v) is 16.9. The second-order valence-electron chi connectivity index (χ2n) is 16.9. The van der Waals surface area contributed by atoms with Crippen LogP contribution in [0.1, 0.15) is 41.7 Å².